The zero-order valence-corrected chi connectivity index (χ0v) is 15.4. The average Bonchev–Trinajstić information content (AvgIpc) is 2.43. The van der Waals surface area contributed by atoms with Gasteiger partial charge in [-0.3, -0.25) is 4.79 Å². The molecule has 7 heteroatoms. The van der Waals surface area contributed by atoms with Crippen LogP contribution in [0.3, 0.4) is 0 Å². The summed E-state index contributed by atoms with van der Waals surface area (Å²) in [6.45, 7) is 3.59. The molecule has 0 aliphatic heterocycles. The molecule has 0 fully saturated rings. The lowest BCUT2D eigenvalue weighted by Crippen LogP contribution is -2.20. The highest BCUT2D eigenvalue weighted by molar-refractivity contribution is 6.44. The number of anilines is 1. The minimum absolute atomic E-state index is 0.208. The van der Waals surface area contributed by atoms with Gasteiger partial charge in [0.05, 0.1) is 25.8 Å². The van der Waals surface area contributed by atoms with Gasteiger partial charge in [-0.25, -0.2) is 0 Å². The van der Waals surface area contributed by atoms with Crippen LogP contribution in [0.25, 0.3) is 0 Å². The van der Waals surface area contributed by atoms with E-state index in [2.05, 4.69) is 5.32 Å². The minimum Gasteiger partial charge on any atom is -0.482 e. The first kappa shape index (κ1) is 18.2. The van der Waals surface area contributed by atoms with Gasteiger partial charge < -0.3 is 10.1 Å². The van der Waals surface area contributed by atoms with E-state index in [1.54, 1.807) is 6.07 Å². The van der Waals surface area contributed by atoms with Crippen molar-refractivity contribution in [3.63, 3.8) is 0 Å². The van der Waals surface area contributed by atoms with Crippen LogP contribution in [0.2, 0.25) is 20.1 Å². The van der Waals surface area contributed by atoms with E-state index in [1.807, 2.05) is 19.9 Å². The Hall–Kier alpha value is -1.13. The van der Waals surface area contributed by atoms with E-state index >= 15 is 0 Å². The van der Waals surface area contributed by atoms with E-state index in [-0.39, 0.29) is 17.5 Å². The van der Waals surface area contributed by atoms with Crippen LogP contribution in [0.5, 0.6) is 5.75 Å². The first-order valence-corrected chi connectivity index (χ1v) is 8.13. The monoisotopic (exact) mass is 391 g/mol. The van der Waals surface area contributed by atoms with E-state index in [0.29, 0.717) is 26.5 Å². The number of amides is 1. The van der Waals surface area contributed by atoms with Gasteiger partial charge in [-0.1, -0.05) is 52.5 Å². The van der Waals surface area contributed by atoms with Crippen LogP contribution < -0.4 is 10.1 Å². The van der Waals surface area contributed by atoms with Crippen LogP contribution in [0.4, 0.5) is 5.69 Å². The number of carbonyl (C=O) groups excluding carboxylic acids is 1. The van der Waals surface area contributed by atoms with Crippen molar-refractivity contribution in [1.82, 2.24) is 0 Å². The Labute approximate surface area is 154 Å². The molecule has 0 radical (unpaired) electrons. The Morgan fingerprint density at radius 1 is 0.957 bits per heavy atom. The fourth-order valence-electron chi connectivity index (χ4n) is 2.03. The maximum absolute atomic E-state index is 12.0. The van der Waals surface area contributed by atoms with Crippen molar-refractivity contribution in [1.29, 1.82) is 0 Å². The highest BCUT2D eigenvalue weighted by Crippen LogP contribution is 2.32. The number of aryl methyl sites for hydroxylation is 2. The molecule has 2 aromatic carbocycles. The molecule has 0 aromatic heterocycles. The van der Waals surface area contributed by atoms with Crippen molar-refractivity contribution >= 4 is 58.0 Å². The van der Waals surface area contributed by atoms with Crippen molar-refractivity contribution in [2.45, 2.75) is 13.8 Å². The molecule has 2 aromatic rings. The summed E-state index contributed by atoms with van der Waals surface area (Å²) < 4.78 is 5.50. The number of rotatable bonds is 4. The number of benzene rings is 2. The van der Waals surface area contributed by atoms with Crippen LogP contribution in [0.1, 0.15) is 11.1 Å². The summed E-state index contributed by atoms with van der Waals surface area (Å²) in [5, 5.41) is 3.98. The normalized spacial score (nSPS) is 10.5. The molecule has 1 amide bonds. The van der Waals surface area contributed by atoms with E-state index in [1.165, 1.54) is 12.1 Å². The summed E-state index contributed by atoms with van der Waals surface area (Å²) in [6.07, 6.45) is 0. The van der Waals surface area contributed by atoms with Gasteiger partial charge in [0.2, 0.25) is 0 Å². The van der Waals surface area contributed by atoms with Gasteiger partial charge in [-0.05, 0) is 43.2 Å². The maximum Gasteiger partial charge on any atom is 0.262 e. The van der Waals surface area contributed by atoms with Gasteiger partial charge >= 0.3 is 0 Å². The van der Waals surface area contributed by atoms with Crippen LogP contribution in [-0.2, 0) is 4.79 Å². The van der Waals surface area contributed by atoms with Crippen molar-refractivity contribution < 1.29 is 9.53 Å². The molecule has 0 unspecified atom stereocenters. The molecular weight excluding hydrogens is 380 g/mol. The number of hydrogen-bond acceptors (Lipinski definition) is 2. The largest absolute Gasteiger partial charge is 0.482 e. The van der Waals surface area contributed by atoms with E-state index in [0.717, 1.165) is 11.1 Å². The summed E-state index contributed by atoms with van der Waals surface area (Å²) >= 11 is 23.9. The molecule has 23 heavy (non-hydrogen) atoms. The van der Waals surface area contributed by atoms with Gasteiger partial charge in [-0.15, -0.1) is 0 Å². The van der Waals surface area contributed by atoms with Gasteiger partial charge in [0, 0.05) is 0 Å². The maximum atomic E-state index is 12.0. The predicted octanol–water partition coefficient (Wildman–Crippen LogP) is 5.93. The quantitative estimate of drug-likeness (QED) is 0.654. The molecule has 0 atom stereocenters. The van der Waals surface area contributed by atoms with E-state index in [9.17, 15) is 4.79 Å². The van der Waals surface area contributed by atoms with Gasteiger partial charge in [0.1, 0.15) is 5.75 Å². The Balaban J connectivity index is 2.05. The zero-order chi connectivity index (χ0) is 17.1. The molecule has 1 N–H and O–H groups in total. The van der Waals surface area contributed by atoms with Crippen molar-refractivity contribution in [2.24, 2.45) is 0 Å². The van der Waals surface area contributed by atoms with Crippen LogP contribution in [0, 0.1) is 13.8 Å². The molecule has 0 spiro atoms. The lowest BCUT2D eigenvalue weighted by molar-refractivity contribution is -0.118. The first-order chi connectivity index (χ1) is 10.8. The molecule has 2 rings (SSSR count). The third-order valence-corrected chi connectivity index (χ3v) is 4.32. The standard InChI is InChI=1S/C16H13Cl4NO2/c1-8-3-9(2)16(13(20)4-8)23-7-15(22)21-14-6-11(18)10(17)5-12(14)19/h3-6H,7H2,1-2H3,(H,21,22). The SMILES string of the molecule is Cc1cc(C)c(OCC(=O)Nc2cc(Cl)c(Cl)cc2Cl)c(Cl)c1. The van der Waals surface area contributed by atoms with Gasteiger partial charge in [-0.2, -0.15) is 0 Å². The summed E-state index contributed by atoms with van der Waals surface area (Å²) in [7, 11) is 0. The van der Waals surface area contributed by atoms with Crippen molar-refractivity contribution in [2.75, 3.05) is 11.9 Å². The summed E-state index contributed by atoms with van der Waals surface area (Å²) in [4.78, 5) is 12.0. The fraction of sp³-hybridized carbons (Fsp3) is 0.188. The molecule has 0 bridgehead atoms. The summed E-state index contributed by atoms with van der Waals surface area (Å²) in [6, 6.07) is 6.64. The fourth-order valence-corrected chi connectivity index (χ4v) is 3.00. The molecule has 0 saturated heterocycles. The predicted molar refractivity (Wildman–Crippen MR) is 96.5 cm³/mol. The number of nitrogens with one attached hydrogen (secondary N) is 1. The topological polar surface area (TPSA) is 38.3 Å². The Kier molecular flexibility index (Phi) is 6.04. The number of halogens is 4. The van der Waals surface area contributed by atoms with E-state index < -0.39 is 0 Å². The highest BCUT2D eigenvalue weighted by Gasteiger charge is 2.12. The molecular formula is C16H13Cl4NO2. The number of ether oxygens (including phenoxy) is 1. The molecule has 0 aliphatic rings. The van der Waals surface area contributed by atoms with Gasteiger partial charge in [0.15, 0.2) is 6.61 Å². The Bertz CT molecular complexity index is 739. The second kappa shape index (κ2) is 7.63. The molecule has 0 heterocycles. The zero-order valence-electron chi connectivity index (χ0n) is 12.3. The second-order valence-electron chi connectivity index (χ2n) is 4.98. The van der Waals surface area contributed by atoms with E-state index in [4.69, 9.17) is 51.1 Å². The van der Waals surface area contributed by atoms with Crippen molar-refractivity contribution in [3.05, 3.63) is 55.5 Å². The molecule has 122 valence electrons. The minimum atomic E-state index is -0.388. The third kappa shape index (κ3) is 4.67. The number of carbonyl (C=O) groups is 1. The van der Waals surface area contributed by atoms with Gasteiger partial charge in [0.25, 0.3) is 5.91 Å². The molecule has 0 saturated carbocycles. The smallest absolute Gasteiger partial charge is 0.262 e. The summed E-state index contributed by atoms with van der Waals surface area (Å²) in [5.41, 5.74) is 2.24. The first-order valence-electron chi connectivity index (χ1n) is 6.62. The van der Waals surface area contributed by atoms with Crippen molar-refractivity contribution in [3.8, 4) is 5.75 Å². The highest BCUT2D eigenvalue weighted by atomic mass is 35.5. The lowest BCUT2D eigenvalue weighted by atomic mass is 10.1. The Morgan fingerprint density at radius 2 is 1.61 bits per heavy atom. The molecule has 0 aliphatic carbocycles. The second-order valence-corrected chi connectivity index (χ2v) is 6.60. The average molecular weight is 393 g/mol. The van der Waals surface area contributed by atoms with Crippen LogP contribution >= 0.6 is 46.4 Å². The lowest BCUT2D eigenvalue weighted by Gasteiger charge is -2.13. The molecule has 3 nitrogen and oxygen atoms in total. The number of hydrogen-bond donors (Lipinski definition) is 1. The van der Waals surface area contributed by atoms with Crippen LogP contribution in [0.15, 0.2) is 24.3 Å². The third-order valence-electron chi connectivity index (χ3n) is 3.01. The van der Waals surface area contributed by atoms with Crippen LogP contribution in [-0.4, -0.2) is 12.5 Å². The Morgan fingerprint density at radius 3 is 2.26 bits per heavy atom. The summed E-state index contributed by atoms with van der Waals surface area (Å²) in [5.74, 6) is 0.0917.